The third-order valence-electron chi connectivity index (χ3n) is 2.13. The molecule has 2 N–H and O–H groups in total. The van der Waals surface area contributed by atoms with E-state index in [4.69, 9.17) is 0 Å². The second kappa shape index (κ2) is 7.68. The number of halogens is 4. The Morgan fingerprint density at radius 3 is 2.11 bits per heavy atom. The standard InChI is InChI=1S/C10H13F3N2O2S.ClH/c1-14-3-2-4-15-18(16,17)10-8(12)5-7(11)6-9(10)13;/h5-6,14-15H,2-4H2,1H3;1H. The lowest BCUT2D eigenvalue weighted by atomic mass is 10.3. The normalized spacial score (nSPS) is 11.2. The van der Waals surface area contributed by atoms with Crippen LogP contribution in [0.2, 0.25) is 0 Å². The van der Waals surface area contributed by atoms with Gasteiger partial charge >= 0.3 is 0 Å². The van der Waals surface area contributed by atoms with Crippen molar-refractivity contribution in [1.29, 1.82) is 0 Å². The van der Waals surface area contributed by atoms with Gasteiger partial charge in [-0.3, -0.25) is 0 Å². The summed E-state index contributed by atoms with van der Waals surface area (Å²) in [5.41, 5.74) is 0. The number of sulfonamides is 1. The molecule has 0 heterocycles. The molecule has 0 amide bonds. The van der Waals surface area contributed by atoms with E-state index in [-0.39, 0.29) is 19.0 Å². The highest BCUT2D eigenvalue weighted by Gasteiger charge is 2.24. The van der Waals surface area contributed by atoms with Gasteiger partial charge in [0.05, 0.1) is 0 Å². The number of hydrogen-bond donors (Lipinski definition) is 2. The van der Waals surface area contributed by atoms with Gasteiger partial charge in [0.2, 0.25) is 10.0 Å². The van der Waals surface area contributed by atoms with Gasteiger partial charge in [-0.05, 0) is 20.0 Å². The average Bonchev–Trinajstić information content (AvgIpc) is 2.22. The summed E-state index contributed by atoms with van der Waals surface area (Å²) in [6.07, 6.45) is 0.458. The molecule has 0 atom stereocenters. The van der Waals surface area contributed by atoms with E-state index < -0.39 is 32.4 Å². The van der Waals surface area contributed by atoms with E-state index >= 15 is 0 Å². The van der Waals surface area contributed by atoms with Crippen molar-refractivity contribution < 1.29 is 21.6 Å². The first-order chi connectivity index (χ1) is 8.38. The number of rotatable bonds is 6. The third-order valence-corrected chi connectivity index (χ3v) is 3.64. The van der Waals surface area contributed by atoms with E-state index in [0.29, 0.717) is 25.1 Å². The Hall–Kier alpha value is -0.830. The highest BCUT2D eigenvalue weighted by molar-refractivity contribution is 7.89. The number of benzene rings is 1. The zero-order chi connectivity index (χ0) is 13.8. The minimum atomic E-state index is -4.31. The van der Waals surface area contributed by atoms with E-state index in [1.165, 1.54) is 0 Å². The fourth-order valence-electron chi connectivity index (χ4n) is 1.33. The zero-order valence-corrected chi connectivity index (χ0v) is 11.7. The first kappa shape index (κ1) is 18.2. The first-order valence-corrected chi connectivity index (χ1v) is 6.65. The molecule has 0 aliphatic heterocycles. The predicted octanol–water partition coefficient (Wildman–Crippen LogP) is 1.41. The van der Waals surface area contributed by atoms with E-state index in [9.17, 15) is 21.6 Å². The summed E-state index contributed by atoms with van der Waals surface area (Å²) in [6.45, 7) is 0.580. The van der Waals surface area contributed by atoms with Crippen LogP contribution in [-0.4, -0.2) is 28.6 Å². The summed E-state index contributed by atoms with van der Waals surface area (Å²) in [7, 11) is -2.62. The Kier molecular flexibility index (Phi) is 7.35. The van der Waals surface area contributed by atoms with Crippen molar-refractivity contribution in [2.75, 3.05) is 20.1 Å². The van der Waals surface area contributed by atoms with Crippen LogP contribution in [0.15, 0.2) is 17.0 Å². The third kappa shape index (κ3) is 4.98. The smallest absolute Gasteiger partial charge is 0.246 e. The first-order valence-electron chi connectivity index (χ1n) is 5.17. The summed E-state index contributed by atoms with van der Waals surface area (Å²) in [4.78, 5) is -1.16. The van der Waals surface area contributed by atoms with Crippen molar-refractivity contribution in [3.63, 3.8) is 0 Å². The molecular formula is C10H14ClF3N2O2S. The van der Waals surface area contributed by atoms with Crippen LogP contribution in [0.3, 0.4) is 0 Å². The van der Waals surface area contributed by atoms with Crippen LogP contribution in [0.1, 0.15) is 6.42 Å². The second-order valence-corrected chi connectivity index (χ2v) is 5.26. The number of nitrogens with one attached hydrogen (secondary N) is 2. The van der Waals surface area contributed by atoms with Crippen LogP contribution < -0.4 is 10.0 Å². The van der Waals surface area contributed by atoms with E-state index in [1.807, 2.05) is 4.72 Å². The molecule has 0 spiro atoms. The van der Waals surface area contributed by atoms with Crippen LogP contribution in [0.4, 0.5) is 13.2 Å². The Labute approximate surface area is 115 Å². The van der Waals surface area contributed by atoms with Crippen LogP contribution in [0.5, 0.6) is 0 Å². The van der Waals surface area contributed by atoms with Gasteiger partial charge < -0.3 is 5.32 Å². The molecule has 1 aromatic carbocycles. The van der Waals surface area contributed by atoms with Crippen LogP contribution in [-0.2, 0) is 10.0 Å². The molecular weight excluding hydrogens is 305 g/mol. The second-order valence-electron chi connectivity index (χ2n) is 3.55. The molecule has 110 valence electrons. The zero-order valence-electron chi connectivity index (χ0n) is 10.0. The summed E-state index contributed by atoms with van der Waals surface area (Å²) in [5.74, 6) is -4.07. The molecule has 0 saturated carbocycles. The Balaban J connectivity index is 0.00000324. The molecule has 0 aliphatic rings. The van der Waals surface area contributed by atoms with E-state index in [2.05, 4.69) is 5.32 Å². The highest BCUT2D eigenvalue weighted by atomic mass is 35.5. The lowest BCUT2D eigenvalue weighted by Gasteiger charge is -2.08. The summed E-state index contributed by atoms with van der Waals surface area (Å²) in [5, 5.41) is 2.79. The van der Waals surface area contributed by atoms with Gasteiger partial charge in [-0.15, -0.1) is 12.4 Å². The Bertz CT molecular complexity index is 503. The van der Waals surface area contributed by atoms with Gasteiger partial charge in [-0.2, -0.15) is 0 Å². The largest absolute Gasteiger partial charge is 0.320 e. The molecule has 1 rings (SSSR count). The molecule has 0 saturated heterocycles. The SMILES string of the molecule is CNCCCNS(=O)(=O)c1c(F)cc(F)cc1F.Cl. The van der Waals surface area contributed by atoms with Crippen molar-refractivity contribution in [3.8, 4) is 0 Å². The molecule has 0 radical (unpaired) electrons. The molecule has 19 heavy (non-hydrogen) atoms. The summed E-state index contributed by atoms with van der Waals surface area (Å²) >= 11 is 0. The van der Waals surface area contributed by atoms with Gasteiger partial charge in [-0.1, -0.05) is 0 Å². The Morgan fingerprint density at radius 2 is 1.63 bits per heavy atom. The van der Waals surface area contributed by atoms with Gasteiger partial charge in [-0.25, -0.2) is 26.3 Å². The topological polar surface area (TPSA) is 58.2 Å². The number of hydrogen-bond acceptors (Lipinski definition) is 3. The molecule has 0 fully saturated rings. The molecule has 0 bridgehead atoms. The van der Waals surface area contributed by atoms with Gasteiger partial charge in [0.25, 0.3) is 0 Å². The highest BCUT2D eigenvalue weighted by Crippen LogP contribution is 2.19. The molecule has 0 aliphatic carbocycles. The maximum absolute atomic E-state index is 13.3. The fraction of sp³-hybridized carbons (Fsp3) is 0.400. The molecule has 1 aromatic rings. The molecule has 0 unspecified atom stereocenters. The lowest BCUT2D eigenvalue weighted by Crippen LogP contribution is -2.28. The van der Waals surface area contributed by atoms with Crippen LogP contribution >= 0.6 is 12.4 Å². The average molecular weight is 319 g/mol. The van der Waals surface area contributed by atoms with E-state index in [1.54, 1.807) is 7.05 Å². The molecule has 9 heteroatoms. The lowest BCUT2D eigenvalue weighted by molar-refractivity contribution is 0.493. The monoisotopic (exact) mass is 318 g/mol. The fourth-order valence-corrected chi connectivity index (χ4v) is 2.52. The Morgan fingerprint density at radius 1 is 1.11 bits per heavy atom. The quantitative estimate of drug-likeness (QED) is 0.780. The summed E-state index contributed by atoms with van der Waals surface area (Å²) in [6, 6.07) is 0.649. The van der Waals surface area contributed by atoms with Crippen molar-refractivity contribution in [2.45, 2.75) is 11.3 Å². The maximum Gasteiger partial charge on any atom is 0.246 e. The molecule has 4 nitrogen and oxygen atoms in total. The van der Waals surface area contributed by atoms with Gasteiger partial charge in [0, 0.05) is 18.7 Å². The van der Waals surface area contributed by atoms with Gasteiger partial charge in [0.15, 0.2) is 4.90 Å². The van der Waals surface area contributed by atoms with Crippen LogP contribution in [0, 0.1) is 17.5 Å². The van der Waals surface area contributed by atoms with Crippen molar-refractivity contribution in [1.82, 2.24) is 10.0 Å². The molecule has 0 aromatic heterocycles. The van der Waals surface area contributed by atoms with Crippen molar-refractivity contribution in [2.24, 2.45) is 0 Å². The predicted molar refractivity (Wildman–Crippen MR) is 67.3 cm³/mol. The van der Waals surface area contributed by atoms with Crippen molar-refractivity contribution >= 4 is 22.4 Å². The van der Waals surface area contributed by atoms with Gasteiger partial charge in [0.1, 0.15) is 17.5 Å². The minimum Gasteiger partial charge on any atom is -0.320 e. The summed E-state index contributed by atoms with van der Waals surface area (Å²) < 4.78 is 64.5. The van der Waals surface area contributed by atoms with Crippen molar-refractivity contribution in [3.05, 3.63) is 29.6 Å². The van der Waals surface area contributed by atoms with E-state index in [0.717, 1.165) is 0 Å². The minimum absolute atomic E-state index is 0. The maximum atomic E-state index is 13.3. The van der Waals surface area contributed by atoms with Crippen LogP contribution in [0.25, 0.3) is 0 Å².